The molecule has 49 valence electrons. The second-order valence-electron chi connectivity index (χ2n) is 1.23. The molecule has 1 radical (unpaired) electrons. The third-order valence-electron chi connectivity index (χ3n) is 0.518. The first-order valence-electron chi connectivity index (χ1n) is 2.33. The second kappa shape index (κ2) is 4.83. The maximum absolute atomic E-state index is 9.58. The highest BCUT2D eigenvalue weighted by Crippen LogP contribution is 1.67. The van der Waals surface area contributed by atoms with Gasteiger partial charge in [0.05, 0.1) is 4.92 Å². The fourth-order valence-corrected chi connectivity index (χ4v) is 0.229. The van der Waals surface area contributed by atoms with Crippen LogP contribution in [0.25, 0.3) is 0 Å². The number of nitro groups is 1. The minimum atomic E-state index is -0.587. The van der Waals surface area contributed by atoms with Crippen LogP contribution in [-0.4, -0.2) is 11.5 Å². The molecule has 0 saturated carbocycles. The van der Waals surface area contributed by atoms with Crippen molar-refractivity contribution in [2.75, 3.05) is 6.54 Å². The molecule has 1 N–H and O–H groups in total. The van der Waals surface area contributed by atoms with Crippen molar-refractivity contribution in [3.63, 3.8) is 0 Å². The molecule has 0 aromatic rings. The lowest BCUT2D eigenvalue weighted by atomic mass is 10.6. The van der Waals surface area contributed by atoms with Crippen molar-refractivity contribution in [2.24, 2.45) is 0 Å². The molecule has 0 saturated heterocycles. The first-order chi connectivity index (χ1) is 4.27. The summed E-state index contributed by atoms with van der Waals surface area (Å²) < 4.78 is 0. The van der Waals surface area contributed by atoms with Gasteiger partial charge in [-0.25, -0.2) is 0 Å². The molecule has 4 nitrogen and oxygen atoms in total. The number of nitrogens with zero attached hydrogens (tertiary/aromatic N) is 1. The van der Waals surface area contributed by atoms with E-state index in [4.69, 9.17) is 0 Å². The van der Waals surface area contributed by atoms with Crippen molar-refractivity contribution in [1.29, 1.82) is 0 Å². The molecule has 0 unspecified atom stereocenters. The molecule has 0 fully saturated rings. The van der Waals surface area contributed by atoms with Gasteiger partial charge in [0.15, 0.2) is 0 Å². The van der Waals surface area contributed by atoms with Crippen molar-refractivity contribution >= 4 is 0 Å². The molecule has 0 bridgehead atoms. The minimum Gasteiger partial charge on any atom is -0.375 e. The third kappa shape index (κ3) is 6.68. The second-order valence-corrected chi connectivity index (χ2v) is 1.23. The fraction of sp³-hybridized carbons (Fsp3) is 0.200. The quantitative estimate of drug-likeness (QED) is 0.194. The molecule has 0 aromatic heterocycles. The van der Waals surface area contributed by atoms with Crippen LogP contribution in [0.2, 0.25) is 0 Å². The Balaban J connectivity index is 3.24. The lowest BCUT2D eigenvalue weighted by Crippen LogP contribution is -2.04. The lowest BCUT2D eigenvalue weighted by Gasteiger charge is -1.85. The van der Waals surface area contributed by atoms with Crippen LogP contribution in [0.5, 0.6) is 0 Å². The van der Waals surface area contributed by atoms with Gasteiger partial charge in [-0.05, 0) is 0 Å². The molecule has 0 aliphatic heterocycles. The van der Waals surface area contributed by atoms with Gasteiger partial charge in [0.1, 0.15) is 6.20 Å². The SMILES string of the molecule is C=CCN/[C]=C/[N+](=O)[O-]. The van der Waals surface area contributed by atoms with Gasteiger partial charge in [0, 0.05) is 6.54 Å². The monoisotopic (exact) mass is 127 g/mol. The fourth-order valence-electron chi connectivity index (χ4n) is 0.229. The van der Waals surface area contributed by atoms with Crippen LogP contribution in [0, 0.1) is 16.3 Å². The van der Waals surface area contributed by atoms with Crippen molar-refractivity contribution in [3.05, 3.63) is 35.2 Å². The van der Waals surface area contributed by atoms with Crippen LogP contribution in [0.1, 0.15) is 0 Å². The van der Waals surface area contributed by atoms with E-state index in [2.05, 4.69) is 18.1 Å². The summed E-state index contributed by atoms with van der Waals surface area (Å²) in [5.74, 6) is 0. The van der Waals surface area contributed by atoms with Gasteiger partial charge in [-0.2, -0.15) is 0 Å². The van der Waals surface area contributed by atoms with Crippen LogP contribution < -0.4 is 5.32 Å². The van der Waals surface area contributed by atoms with E-state index < -0.39 is 4.92 Å². The lowest BCUT2D eigenvalue weighted by molar-refractivity contribution is -0.403. The summed E-state index contributed by atoms with van der Waals surface area (Å²) in [6.45, 7) is 3.88. The average Bonchev–Trinajstić information content (AvgIpc) is 1.80. The normalized spacial score (nSPS) is 9.33. The summed E-state index contributed by atoms with van der Waals surface area (Å²) in [6, 6.07) is 0. The predicted molar refractivity (Wildman–Crippen MR) is 33.0 cm³/mol. The van der Waals surface area contributed by atoms with E-state index >= 15 is 0 Å². The van der Waals surface area contributed by atoms with E-state index in [1.165, 1.54) is 0 Å². The summed E-state index contributed by atoms with van der Waals surface area (Å²) in [5.41, 5.74) is 0. The number of hydrogen-bond acceptors (Lipinski definition) is 3. The molecule has 9 heavy (non-hydrogen) atoms. The molecular formula is C5H7N2O2. The number of nitrogens with one attached hydrogen (secondary N) is 1. The van der Waals surface area contributed by atoms with E-state index in [0.29, 0.717) is 12.7 Å². The Morgan fingerprint density at radius 1 is 1.89 bits per heavy atom. The highest BCUT2D eigenvalue weighted by Gasteiger charge is 1.80. The largest absolute Gasteiger partial charge is 0.375 e. The van der Waals surface area contributed by atoms with E-state index in [1.807, 2.05) is 0 Å². The summed E-state index contributed by atoms with van der Waals surface area (Å²) in [6.07, 6.45) is 4.54. The van der Waals surface area contributed by atoms with Crippen molar-refractivity contribution in [2.45, 2.75) is 0 Å². The van der Waals surface area contributed by atoms with Crippen molar-refractivity contribution in [3.8, 4) is 0 Å². The van der Waals surface area contributed by atoms with E-state index in [-0.39, 0.29) is 0 Å². The first kappa shape index (κ1) is 7.68. The van der Waals surface area contributed by atoms with E-state index in [9.17, 15) is 10.1 Å². The zero-order chi connectivity index (χ0) is 7.11. The summed E-state index contributed by atoms with van der Waals surface area (Å²) in [7, 11) is 0. The van der Waals surface area contributed by atoms with Crippen LogP contribution in [0.3, 0.4) is 0 Å². The third-order valence-corrected chi connectivity index (χ3v) is 0.518. The zero-order valence-corrected chi connectivity index (χ0v) is 4.83. The van der Waals surface area contributed by atoms with Gasteiger partial charge in [-0.3, -0.25) is 10.1 Å². The molecule has 0 aliphatic rings. The highest BCUT2D eigenvalue weighted by molar-refractivity contribution is 4.72. The summed E-state index contributed by atoms with van der Waals surface area (Å²) in [4.78, 5) is 9.00. The van der Waals surface area contributed by atoms with Crippen LogP contribution in [0.15, 0.2) is 18.9 Å². The molecule has 0 atom stereocenters. The molecule has 0 aromatic carbocycles. The van der Waals surface area contributed by atoms with Gasteiger partial charge in [-0.1, -0.05) is 6.08 Å². The summed E-state index contributed by atoms with van der Waals surface area (Å²) in [5, 5.41) is 12.1. The Morgan fingerprint density at radius 2 is 2.56 bits per heavy atom. The van der Waals surface area contributed by atoms with Gasteiger partial charge in [-0.15, -0.1) is 6.58 Å². The number of rotatable bonds is 4. The molecule has 0 amide bonds. The van der Waals surface area contributed by atoms with Crippen molar-refractivity contribution in [1.82, 2.24) is 5.32 Å². The molecule has 0 heterocycles. The van der Waals surface area contributed by atoms with E-state index in [0.717, 1.165) is 0 Å². The minimum absolute atomic E-state index is 0.490. The van der Waals surface area contributed by atoms with E-state index in [1.54, 1.807) is 6.08 Å². The molecule has 4 heteroatoms. The Kier molecular flexibility index (Phi) is 4.12. The molecule has 0 spiro atoms. The van der Waals surface area contributed by atoms with Crippen molar-refractivity contribution < 1.29 is 4.92 Å². The Morgan fingerprint density at radius 3 is 3.00 bits per heavy atom. The maximum Gasteiger partial charge on any atom is 0.259 e. The average molecular weight is 127 g/mol. The van der Waals surface area contributed by atoms with Crippen LogP contribution in [0.4, 0.5) is 0 Å². The number of hydrogen-bond donors (Lipinski definition) is 1. The zero-order valence-electron chi connectivity index (χ0n) is 4.83. The summed E-state index contributed by atoms with van der Waals surface area (Å²) >= 11 is 0. The first-order valence-corrected chi connectivity index (χ1v) is 2.33. The maximum atomic E-state index is 9.58. The molecular weight excluding hydrogens is 120 g/mol. The van der Waals surface area contributed by atoms with Crippen LogP contribution in [-0.2, 0) is 0 Å². The highest BCUT2D eigenvalue weighted by atomic mass is 16.6. The Hall–Kier alpha value is -1.32. The van der Waals surface area contributed by atoms with Crippen LogP contribution >= 0.6 is 0 Å². The standard InChI is InChI=1S/C5H7N2O2/c1-2-3-6-4-5-7(8)9/h2,5-6H,1,3H2. The Labute approximate surface area is 53.0 Å². The van der Waals surface area contributed by atoms with Gasteiger partial charge in [0.2, 0.25) is 0 Å². The molecule has 0 rings (SSSR count). The van der Waals surface area contributed by atoms with Gasteiger partial charge < -0.3 is 5.32 Å². The predicted octanol–water partition coefficient (Wildman–Crippen LogP) is 0.313. The smallest absolute Gasteiger partial charge is 0.259 e. The van der Waals surface area contributed by atoms with Gasteiger partial charge in [0.25, 0.3) is 6.20 Å². The Bertz CT molecular complexity index is 131. The van der Waals surface area contributed by atoms with Gasteiger partial charge >= 0.3 is 0 Å². The molecule has 0 aliphatic carbocycles. The topological polar surface area (TPSA) is 55.2 Å².